The predicted molar refractivity (Wildman–Crippen MR) is 227 cm³/mol. The second kappa shape index (κ2) is 36.6. The third-order valence-corrected chi connectivity index (χ3v) is 9.85. The first kappa shape index (κ1) is 55.8. The summed E-state index contributed by atoms with van der Waals surface area (Å²) in [6.07, 6.45) is 32.9. The van der Waals surface area contributed by atoms with E-state index in [1.807, 2.05) is 61.6 Å². The first-order valence-electron chi connectivity index (χ1n) is 20.9. The number of hydrogen-bond acceptors (Lipinski definition) is 11. The molecule has 0 aliphatic heterocycles. The molecule has 0 rings (SSSR count). The Balaban J connectivity index is 4.68. The van der Waals surface area contributed by atoms with E-state index in [1.165, 1.54) is 44.9 Å². The maximum absolute atomic E-state index is 12.6. The molecule has 0 spiro atoms. The highest BCUT2D eigenvalue weighted by Crippen LogP contribution is 2.43. The van der Waals surface area contributed by atoms with Crippen LogP contribution in [0.5, 0.6) is 0 Å². The number of aliphatic hydroxyl groups excluding tert-OH is 2. The van der Waals surface area contributed by atoms with Gasteiger partial charge in [0.1, 0.15) is 12.7 Å². The van der Waals surface area contributed by atoms with Crippen LogP contribution < -0.4 is 0 Å². The van der Waals surface area contributed by atoms with Crippen LogP contribution in [0.3, 0.4) is 0 Å². The average molecular weight is 865 g/mol. The van der Waals surface area contributed by atoms with Crippen LogP contribution in [0.15, 0.2) is 60.8 Å². The summed E-state index contributed by atoms with van der Waals surface area (Å²) >= 11 is 0. The lowest BCUT2D eigenvalue weighted by molar-refractivity contribution is -0.161. The number of allylic oxidation sites excluding steroid dienone is 8. The smallest absolute Gasteiger partial charge is 0.462 e. The Labute approximate surface area is 347 Å². The largest absolute Gasteiger partial charge is 0.472 e. The fraction of sp³-hybridized carbons (Fsp3) is 0.714. The minimum atomic E-state index is -4.87. The van der Waals surface area contributed by atoms with Crippen molar-refractivity contribution >= 4 is 27.6 Å². The lowest BCUT2D eigenvalue weighted by Gasteiger charge is -2.20. The van der Waals surface area contributed by atoms with Crippen LogP contribution in [0.4, 0.5) is 0 Å². The lowest BCUT2D eigenvalue weighted by Crippen LogP contribution is -2.29. The first-order valence-corrected chi connectivity index (χ1v) is 24.0. The molecule has 0 fully saturated rings. The van der Waals surface area contributed by atoms with Crippen LogP contribution in [0.25, 0.3) is 0 Å². The summed E-state index contributed by atoms with van der Waals surface area (Å²) in [7, 11) is -9.71. The molecule has 5 N–H and O–H groups in total. The van der Waals surface area contributed by atoms with Crippen LogP contribution in [-0.4, -0.2) is 81.6 Å². The Morgan fingerprint density at radius 1 is 0.621 bits per heavy atom. The molecule has 4 atom stereocenters. The van der Waals surface area contributed by atoms with Crippen LogP contribution >= 0.6 is 15.6 Å². The molecule has 0 aromatic rings. The zero-order valence-electron chi connectivity index (χ0n) is 35.2. The highest BCUT2D eigenvalue weighted by Gasteiger charge is 2.28. The number of phosphoric ester groups is 2. The van der Waals surface area contributed by atoms with Gasteiger partial charge in [-0.1, -0.05) is 146 Å². The standard InChI is InChI=1S/C42H74O14P2/c1-4-5-29-38(43)30-25-21-17-13-8-6-7-9-15-19-23-27-32-42(46)56-40(36-55-58(50,51)54-34-39(44)33-53-57(47,48)49)35-52-41(45)31-26-22-18-14-11-10-12-16-20-24-28-37(2)3/h5-7,13,15,17,19,21,25,29,37-40,43-44H,4,8-12,14,16,18,20,22-24,26-28,30-36H2,1-3H3,(H,50,51)(H2,47,48,49)/b7-6-,17-13-,19-15-,25-21+,29-5-/t38?,39-,40+/m0/s1. The number of unbranched alkanes of at least 4 members (excludes halogenated alkanes) is 10. The number of carbonyl (C=O) groups is 2. The number of hydrogen-bond donors (Lipinski definition) is 5. The number of aliphatic hydroxyl groups is 2. The van der Waals surface area contributed by atoms with Gasteiger partial charge in [-0.15, -0.1) is 0 Å². The van der Waals surface area contributed by atoms with E-state index in [2.05, 4.69) is 22.9 Å². The molecule has 336 valence electrons. The molecule has 2 unspecified atom stereocenters. The van der Waals surface area contributed by atoms with E-state index in [9.17, 15) is 33.8 Å². The van der Waals surface area contributed by atoms with Gasteiger partial charge in [-0.05, 0) is 50.9 Å². The number of ether oxygens (including phenoxy) is 2. The van der Waals surface area contributed by atoms with Crippen molar-refractivity contribution in [3.63, 3.8) is 0 Å². The van der Waals surface area contributed by atoms with Crippen LogP contribution in [-0.2, 0) is 41.8 Å². The molecule has 0 saturated carbocycles. The van der Waals surface area contributed by atoms with Crippen LogP contribution in [0.1, 0.15) is 143 Å². The highest BCUT2D eigenvalue weighted by atomic mass is 31.2. The molecule has 0 bridgehead atoms. The normalized spacial score (nSPS) is 15.3. The Hall–Kier alpha value is -2.22. The van der Waals surface area contributed by atoms with Gasteiger partial charge in [0.25, 0.3) is 0 Å². The average Bonchev–Trinajstić information content (AvgIpc) is 3.16. The second-order valence-electron chi connectivity index (χ2n) is 14.6. The van der Waals surface area contributed by atoms with Gasteiger partial charge in [-0.2, -0.15) is 0 Å². The van der Waals surface area contributed by atoms with Crippen molar-refractivity contribution < 1.29 is 66.7 Å². The van der Waals surface area contributed by atoms with Crippen molar-refractivity contribution in [2.45, 2.75) is 161 Å². The van der Waals surface area contributed by atoms with Gasteiger partial charge in [0.05, 0.1) is 25.9 Å². The van der Waals surface area contributed by atoms with E-state index in [0.717, 1.165) is 44.4 Å². The molecular weight excluding hydrogens is 790 g/mol. The maximum atomic E-state index is 12.6. The summed E-state index contributed by atoms with van der Waals surface area (Å²) < 4.78 is 47.6. The van der Waals surface area contributed by atoms with Crippen molar-refractivity contribution in [1.82, 2.24) is 0 Å². The Morgan fingerprint density at radius 3 is 1.81 bits per heavy atom. The molecule has 0 aromatic heterocycles. The first-order chi connectivity index (χ1) is 27.6. The molecule has 0 aliphatic carbocycles. The number of rotatable bonds is 38. The van der Waals surface area contributed by atoms with Crippen LogP contribution in [0.2, 0.25) is 0 Å². The van der Waals surface area contributed by atoms with Gasteiger partial charge in [-0.25, -0.2) is 9.13 Å². The molecule has 0 heterocycles. The molecule has 0 aliphatic rings. The van der Waals surface area contributed by atoms with Gasteiger partial charge in [0, 0.05) is 12.8 Å². The fourth-order valence-electron chi connectivity index (χ4n) is 5.23. The topological polar surface area (TPSA) is 216 Å². The molecule has 0 amide bonds. The zero-order valence-corrected chi connectivity index (χ0v) is 36.9. The minimum Gasteiger partial charge on any atom is -0.462 e. The summed E-state index contributed by atoms with van der Waals surface area (Å²) in [6.45, 7) is 3.72. The van der Waals surface area contributed by atoms with Crippen LogP contribution in [0, 0.1) is 5.92 Å². The minimum absolute atomic E-state index is 0.0338. The Morgan fingerprint density at radius 2 is 1.17 bits per heavy atom. The molecule has 16 heteroatoms. The lowest BCUT2D eigenvalue weighted by atomic mass is 10.0. The van der Waals surface area contributed by atoms with Crippen molar-refractivity contribution in [1.29, 1.82) is 0 Å². The fourth-order valence-corrected chi connectivity index (χ4v) is 6.39. The summed E-state index contributed by atoms with van der Waals surface area (Å²) in [6, 6.07) is 0. The summed E-state index contributed by atoms with van der Waals surface area (Å²) in [4.78, 5) is 52.6. The van der Waals surface area contributed by atoms with Gasteiger partial charge in [-0.3, -0.25) is 23.2 Å². The Kier molecular flexibility index (Phi) is 35.2. The maximum Gasteiger partial charge on any atom is 0.472 e. The summed E-state index contributed by atoms with van der Waals surface area (Å²) in [5.41, 5.74) is 0. The SMILES string of the molecule is CC/C=C\C(O)C/C=C/C=C\C/C=C\C/C=C\CCCC(=O)O[C@H](COC(=O)CCCCCCCCCCCCC(C)C)COP(=O)(O)OC[C@@H](O)COP(=O)(O)O. The van der Waals surface area contributed by atoms with E-state index >= 15 is 0 Å². The molecule has 0 aromatic carbocycles. The van der Waals surface area contributed by atoms with Gasteiger partial charge in [0.15, 0.2) is 6.10 Å². The third kappa shape index (κ3) is 40.6. The van der Waals surface area contributed by atoms with E-state index in [1.54, 1.807) is 6.08 Å². The highest BCUT2D eigenvalue weighted by molar-refractivity contribution is 7.47. The summed E-state index contributed by atoms with van der Waals surface area (Å²) in [5, 5.41) is 19.5. The second-order valence-corrected chi connectivity index (χ2v) is 17.3. The van der Waals surface area contributed by atoms with Gasteiger partial charge < -0.3 is 34.4 Å². The van der Waals surface area contributed by atoms with Crippen molar-refractivity contribution in [3.8, 4) is 0 Å². The number of esters is 2. The summed E-state index contributed by atoms with van der Waals surface area (Å²) in [5.74, 6) is -0.361. The predicted octanol–water partition coefficient (Wildman–Crippen LogP) is 9.27. The third-order valence-electron chi connectivity index (χ3n) is 8.41. The van der Waals surface area contributed by atoms with E-state index < -0.39 is 72.3 Å². The van der Waals surface area contributed by atoms with Crippen molar-refractivity contribution in [2.75, 3.05) is 26.4 Å². The quantitative estimate of drug-likeness (QED) is 0.0129. The molecule has 0 radical (unpaired) electrons. The monoisotopic (exact) mass is 864 g/mol. The zero-order chi connectivity index (χ0) is 43.3. The van der Waals surface area contributed by atoms with E-state index in [-0.39, 0.29) is 12.8 Å². The molecule has 58 heavy (non-hydrogen) atoms. The van der Waals surface area contributed by atoms with Gasteiger partial charge >= 0.3 is 27.6 Å². The molecule has 14 nitrogen and oxygen atoms in total. The van der Waals surface area contributed by atoms with E-state index in [4.69, 9.17) is 23.8 Å². The number of phosphoric acid groups is 2. The van der Waals surface area contributed by atoms with E-state index in [0.29, 0.717) is 25.7 Å². The van der Waals surface area contributed by atoms with Crippen molar-refractivity contribution in [3.05, 3.63) is 60.8 Å². The van der Waals surface area contributed by atoms with Gasteiger partial charge in [0.2, 0.25) is 0 Å². The number of carbonyl (C=O) groups excluding carboxylic acids is 2. The molecular formula is C42H74O14P2. The van der Waals surface area contributed by atoms with Crippen molar-refractivity contribution in [2.24, 2.45) is 5.92 Å². The Bertz CT molecular complexity index is 1290. The molecule has 0 saturated heterocycles.